The van der Waals surface area contributed by atoms with E-state index in [4.69, 9.17) is 0 Å². The normalized spacial score (nSPS) is 11.1. The Balaban J connectivity index is 1.46. The van der Waals surface area contributed by atoms with Crippen LogP contribution < -0.4 is 10.2 Å². The van der Waals surface area contributed by atoms with E-state index in [-0.39, 0.29) is 12.5 Å². The van der Waals surface area contributed by atoms with Crippen LogP contribution in [0.2, 0.25) is 0 Å². The summed E-state index contributed by atoms with van der Waals surface area (Å²) in [7, 11) is 1.88. The van der Waals surface area contributed by atoms with Crippen LogP contribution in [0, 0.1) is 6.92 Å². The predicted octanol–water partition coefficient (Wildman–Crippen LogP) is 4.29. The molecule has 0 spiro atoms. The van der Waals surface area contributed by atoms with Crippen LogP contribution in [0.25, 0.3) is 20.4 Å². The fourth-order valence-corrected chi connectivity index (χ4v) is 4.36. The zero-order valence-electron chi connectivity index (χ0n) is 13.8. The number of thiazole rings is 2. The summed E-state index contributed by atoms with van der Waals surface area (Å²) in [5, 5.41) is 4.80. The van der Waals surface area contributed by atoms with Gasteiger partial charge in [0.05, 0.1) is 32.0 Å². The molecule has 0 aliphatic rings. The van der Waals surface area contributed by atoms with Crippen LogP contribution in [0.4, 0.5) is 10.8 Å². The number of rotatable bonds is 4. The molecule has 0 bridgehead atoms. The van der Waals surface area contributed by atoms with Crippen molar-refractivity contribution in [3.63, 3.8) is 0 Å². The number of nitrogens with zero attached hydrogens (tertiary/aromatic N) is 3. The number of carbonyl (C=O) groups is 1. The Morgan fingerprint density at radius 2 is 1.88 bits per heavy atom. The number of likely N-dealkylation sites (N-methyl/N-ethyl adjacent to an activating group) is 1. The molecule has 1 N–H and O–H groups in total. The van der Waals surface area contributed by atoms with Crippen molar-refractivity contribution < 1.29 is 4.79 Å². The standard InChI is InChI=1S/C18H16N4OS2/c1-11-19-14-9-12(7-8-16(14)24-11)20-17(23)10-22(2)18-21-13-5-3-4-6-15(13)25-18/h3-9H,10H2,1-2H3,(H,20,23). The van der Waals surface area contributed by atoms with Gasteiger partial charge in [0.2, 0.25) is 5.91 Å². The Labute approximate surface area is 153 Å². The third kappa shape index (κ3) is 3.33. The van der Waals surface area contributed by atoms with E-state index in [9.17, 15) is 4.79 Å². The van der Waals surface area contributed by atoms with Crippen LogP contribution in [0.15, 0.2) is 42.5 Å². The molecule has 25 heavy (non-hydrogen) atoms. The number of anilines is 2. The van der Waals surface area contributed by atoms with Crippen LogP contribution in [0.1, 0.15) is 5.01 Å². The molecule has 0 saturated heterocycles. The van der Waals surface area contributed by atoms with Crippen LogP contribution >= 0.6 is 22.7 Å². The van der Waals surface area contributed by atoms with Gasteiger partial charge in [-0.05, 0) is 37.3 Å². The number of carbonyl (C=O) groups excluding carboxylic acids is 1. The van der Waals surface area contributed by atoms with Crippen molar-refractivity contribution in [1.29, 1.82) is 0 Å². The maximum Gasteiger partial charge on any atom is 0.243 e. The molecule has 0 aliphatic carbocycles. The maximum absolute atomic E-state index is 12.4. The topological polar surface area (TPSA) is 58.1 Å². The lowest BCUT2D eigenvalue weighted by atomic mass is 10.3. The quantitative estimate of drug-likeness (QED) is 0.584. The van der Waals surface area contributed by atoms with Gasteiger partial charge in [-0.1, -0.05) is 23.5 Å². The van der Waals surface area contributed by atoms with Gasteiger partial charge in [0, 0.05) is 12.7 Å². The Kier molecular flexibility index (Phi) is 4.10. The SMILES string of the molecule is Cc1nc2cc(NC(=O)CN(C)c3nc4ccccc4s3)ccc2s1. The average Bonchev–Trinajstić information content (AvgIpc) is 3.16. The minimum absolute atomic E-state index is 0.0759. The molecule has 126 valence electrons. The summed E-state index contributed by atoms with van der Waals surface area (Å²) in [5.41, 5.74) is 2.64. The summed E-state index contributed by atoms with van der Waals surface area (Å²) in [4.78, 5) is 23.3. The van der Waals surface area contributed by atoms with Gasteiger partial charge in [-0.2, -0.15) is 0 Å². The summed E-state index contributed by atoms with van der Waals surface area (Å²) < 4.78 is 2.25. The molecule has 0 atom stereocenters. The highest BCUT2D eigenvalue weighted by Gasteiger charge is 2.12. The van der Waals surface area contributed by atoms with Crippen molar-refractivity contribution in [2.75, 3.05) is 23.8 Å². The second kappa shape index (κ2) is 6.42. The minimum atomic E-state index is -0.0759. The number of hydrogen-bond acceptors (Lipinski definition) is 6. The van der Waals surface area contributed by atoms with Gasteiger partial charge in [0.1, 0.15) is 0 Å². The molecular weight excluding hydrogens is 352 g/mol. The van der Waals surface area contributed by atoms with E-state index < -0.39 is 0 Å². The van der Waals surface area contributed by atoms with Crippen LogP contribution in [0.3, 0.4) is 0 Å². The number of hydrogen-bond donors (Lipinski definition) is 1. The molecule has 0 saturated carbocycles. The van der Waals surface area contributed by atoms with E-state index >= 15 is 0 Å². The highest BCUT2D eigenvalue weighted by atomic mass is 32.1. The maximum atomic E-state index is 12.4. The lowest BCUT2D eigenvalue weighted by Crippen LogP contribution is -2.29. The number of fused-ring (bicyclic) bond motifs is 2. The van der Waals surface area contributed by atoms with Gasteiger partial charge in [0.25, 0.3) is 0 Å². The molecule has 2 aromatic carbocycles. The Morgan fingerprint density at radius 3 is 2.72 bits per heavy atom. The first-order chi connectivity index (χ1) is 12.1. The van der Waals surface area contributed by atoms with Crippen molar-refractivity contribution in [1.82, 2.24) is 9.97 Å². The van der Waals surface area contributed by atoms with Crippen LogP contribution in [-0.4, -0.2) is 29.5 Å². The van der Waals surface area contributed by atoms with Gasteiger partial charge in [-0.15, -0.1) is 11.3 Å². The zero-order valence-corrected chi connectivity index (χ0v) is 15.4. The lowest BCUT2D eigenvalue weighted by molar-refractivity contribution is -0.114. The van der Waals surface area contributed by atoms with Crippen molar-refractivity contribution in [2.24, 2.45) is 0 Å². The second-order valence-electron chi connectivity index (χ2n) is 5.78. The summed E-state index contributed by atoms with van der Waals surface area (Å²) in [6.45, 7) is 2.23. The third-order valence-electron chi connectivity index (χ3n) is 3.77. The van der Waals surface area contributed by atoms with Gasteiger partial charge in [0.15, 0.2) is 5.13 Å². The Bertz CT molecular complexity index is 1040. The summed E-state index contributed by atoms with van der Waals surface area (Å²) in [6, 6.07) is 13.8. The van der Waals surface area contributed by atoms with Crippen LogP contribution in [0.5, 0.6) is 0 Å². The van der Waals surface area contributed by atoms with E-state index in [0.717, 1.165) is 36.3 Å². The van der Waals surface area contributed by atoms with Gasteiger partial charge < -0.3 is 10.2 Å². The minimum Gasteiger partial charge on any atom is -0.342 e. The van der Waals surface area contributed by atoms with E-state index in [0.29, 0.717) is 0 Å². The van der Waals surface area contributed by atoms with Crippen molar-refractivity contribution in [2.45, 2.75) is 6.92 Å². The zero-order chi connectivity index (χ0) is 17.4. The molecule has 2 aromatic heterocycles. The molecule has 0 fully saturated rings. The molecule has 0 radical (unpaired) electrons. The number of amides is 1. The summed E-state index contributed by atoms with van der Waals surface area (Å²) in [6.07, 6.45) is 0. The Morgan fingerprint density at radius 1 is 1.08 bits per heavy atom. The van der Waals surface area contributed by atoms with Gasteiger partial charge in [-0.3, -0.25) is 4.79 Å². The smallest absolute Gasteiger partial charge is 0.243 e. The Hall–Kier alpha value is -2.51. The number of benzene rings is 2. The monoisotopic (exact) mass is 368 g/mol. The summed E-state index contributed by atoms with van der Waals surface area (Å²) >= 11 is 3.24. The number of nitrogens with one attached hydrogen (secondary N) is 1. The largest absolute Gasteiger partial charge is 0.342 e. The predicted molar refractivity (Wildman–Crippen MR) is 106 cm³/mol. The molecule has 0 aliphatic heterocycles. The van der Waals surface area contributed by atoms with Gasteiger partial charge in [-0.25, -0.2) is 9.97 Å². The molecule has 7 heteroatoms. The van der Waals surface area contributed by atoms with Crippen molar-refractivity contribution in [3.8, 4) is 0 Å². The first-order valence-electron chi connectivity index (χ1n) is 7.82. The molecule has 4 aromatic rings. The highest BCUT2D eigenvalue weighted by Crippen LogP contribution is 2.28. The second-order valence-corrected chi connectivity index (χ2v) is 8.03. The van der Waals surface area contributed by atoms with E-state index in [1.165, 1.54) is 0 Å². The number of aryl methyl sites for hydroxylation is 1. The molecule has 5 nitrogen and oxygen atoms in total. The van der Waals surface area contributed by atoms with Crippen molar-refractivity contribution in [3.05, 3.63) is 47.5 Å². The van der Waals surface area contributed by atoms with Gasteiger partial charge >= 0.3 is 0 Å². The highest BCUT2D eigenvalue weighted by molar-refractivity contribution is 7.22. The number of para-hydroxylation sites is 1. The third-order valence-corrected chi connectivity index (χ3v) is 5.87. The van der Waals surface area contributed by atoms with E-state index in [1.807, 2.05) is 61.3 Å². The molecule has 1 amide bonds. The molecule has 4 rings (SSSR count). The first-order valence-corrected chi connectivity index (χ1v) is 9.45. The molecule has 0 unspecified atom stereocenters. The fourth-order valence-electron chi connectivity index (χ4n) is 2.63. The summed E-state index contributed by atoms with van der Waals surface area (Å²) in [5.74, 6) is -0.0759. The number of aromatic nitrogens is 2. The lowest BCUT2D eigenvalue weighted by Gasteiger charge is -2.15. The molecular formula is C18H16N4OS2. The van der Waals surface area contributed by atoms with Crippen molar-refractivity contribution >= 4 is 59.8 Å². The fraction of sp³-hybridized carbons (Fsp3) is 0.167. The molecule has 2 heterocycles. The van der Waals surface area contributed by atoms with E-state index in [2.05, 4.69) is 15.3 Å². The average molecular weight is 368 g/mol. The van der Waals surface area contributed by atoms with E-state index in [1.54, 1.807) is 22.7 Å². The first kappa shape index (κ1) is 16.0. The van der Waals surface area contributed by atoms with Crippen LogP contribution in [-0.2, 0) is 4.79 Å².